The van der Waals surface area contributed by atoms with Crippen molar-refractivity contribution in [2.75, 3.05) is 7.11 Å². The highest BCUT2D eigenvalue weighted by atomic mass is 32.2. The molecule has 2 aromatic rings. The summed E-state index contributed by atoms with van der Waals surface area (Å²) in [6, 6.07) is 14.6. The van der Waals surface area contributed by atoms with Gasteiger partial charge in [0.25, 0.3) is 0 Å². The molecule has 0 unspecified atom stereocenters. The number of hydrogen-bond acceptors (Lipinski definition) is 3. The van der Waals surface area contributed by atoms with Crippen molar-refractivity contribution in [3.05, 3.63) is 54.1 Å². The summed E-state index contributed by atoms with van der Waals surface area (Å²) < 4.78 is 34.6. The van der Waals surface area contributed by atoms with E-state index in [4.69, 9.17) is 4.74 Å². The van der Waals surface area contributed by atoms with Crippen LogP contribution < -0.4 is 9.47 Å². The topological polar surface area (TPSA) is 18.5 Å². The first-order valence-electron chi connectivity index (χ1n) is 5.99. The first-order valence-corrected chi connectivity index (χ1v) is 6.98. The van der Waals surface area contributed by atoms with Crippen LogP contribution in [-0.4, -0.2) is 13.7 Å². The molecule has 5 heteroatoms. The number of benzene rings is 2. The highest BCUT2D eigenvalue weighted by molar-refractivity contribution is 7.98. The van der Waals surface area contributed by atoms with Crippen molar-refractivity contribution >= 4 is 11.8 Å². The number of thioether (sulfide) groups is 1. The van der Waals surface area contributed by atoms with Gasteiger partial charge in [-0.05, 0) is 17.7 Å². The molecule has 0 amide bonds. The minimum Gasteiger partial charge on any atom is -0.495 e. The summed E-state index contributed by atoms with van der Waals surface area (Å²) in [6.45, 7) is -2.85. The molecule has 0 aliphatic heterocycles. The van der Waals surface area contributed by atoms with Gasteiger partial charge in [0.2, 0.25) is 0 Å². The Labute approximate surface area is 120 Å². The Morgan fingerprint density at radius 1 is 1.00 bits per heavy atom. The van der Waals surface area contributed by atoms with Gasteiger partial charge in [-0.3, -0.25) is 0 Å². The quantitative estimate of drug-likeness (QED) is 0.726. The molecule has 0 bridgehead atoms. The fourth-order valence-corrected chi connectivity index (χ4v) is 2.77. The van der Waals surface area contributed by atoms with E-state index in [2.05, 4.69) is 4.74 Å². The molecule has 0 spiro atoms. The second-order valence-electron chi connectivity index (χ2n) is 3.94. The number of halogens is 2. The monoisotopic (exact) mass is 296 g/mol. The first kappa shape index (κ1) is 14.7. The Morgan fingerprint density at radius 2 is 1.70 bits per heavy atom. The van der Waals surface area contributed by atoms with Crippen molar-refractivity contribution in [2.24, 2.45) is 0 Å². The Bertz CT molecular complexity index is 547. The third kappa shape index (κ3) is 3.87. The second-order valence-corrected chi connectivity index (χ2v) is 4.93. The summed E-state index contributed by atoms with van der Waals surface area (Å²) in [7, 11) is 1.51. The van der Waals surface area contributed by atoms with Crippen molar-refractivity contribution in [3.8, 4) is 11.5 Å². The Balaban J connectivity index is 2.19. The fourth-order valence-electron chi connectivity index (χ4n) is 1.72. The van der Waals surface area contributed by atoms with Crippen LogP contribution in [0.3, 0.4) is 0 Å². The molecule has 0 saturated carbocycles. The lowest BCUT2D eigenvalue weighted by atomic mass is 10.2. The van der Waals surface area contributed by atoms with Gasteiger partial charge in [0.15, 0.2) is 0 Å². The standard InChI is InChI=1S/C15H14F2O2S/c1-18-12-8-5-9-13(19-15(16)17)14(12)20-10-11-6-3-2-4-7-11/h2-9,15H,10H2,1H3. The number of alkyl halides is 2. The van der Waals surface area contributed by atoms with Crippen LogP contribution >= 0.6 is 11.8 Å². The summed E-state index contributed by atoms with van der Waals surface area (Å²) in [4.78, 5) is 0.583. The van der Waals surface area contributed by atoms with Gasteiger partial charge in [-0.1, -0.05) is 36.4 Å². The molecule has 2 nitrogen and oxygen atoms in total. The summed E-state index contributed by atoms with van der Waals surface area (Å²) in [5.74, 6) is 1.32. The van der Waals surface area contributed by atoms with E-state index < -0.39 is 6.61 Å². The molecule has 0 atom stereocenters. The van der Waals surface area contributed by atoms with Gasteiger partial charge in [-0.2, -0.15) is 8.78 Å². The third-order valence-electron chi connectivity index (χ3n) is 2.60. The molecule has 0 radical (unpaired) electrons. The van der Waals surface area contributed by atoms with Crippen molar-refractivity contribution in [1.29, 1.82) is 0 Å². The lowest BCUT2D eigenvalue weighted by molar-refractivity contribution is -0.0518. The first-order chi connectivity index (χ1) is 9.70. The largest absolute Gasteiger partial charge is 0.495 e. The average Bonchev–Trinajstić information content (AvgIpc) is 2.46. The van der Waals surface area contributed by atoms with Crippen LogP contribution in [0.15, 0.2) is 53.4 Å². The number of methoxy groups -OCH3 is 1. The van der Waals surface area contributed by atoms with Crippen molar-refractivity contribution in [1.82, 2.24) is 0 Å². The molecule has 0 aliphatic rings. The molecule has 0 N–H and O–H groups in total. The van der Waals surface area contributed by atoms with Gasteiger partial charge in [0.1, 0.15) is 11.5 Å². The minimum atomic E-state index is -2.85. The fraction of sp³-hybridized carbons (Fsp3) is 0.200. The zero-order chi connectivity index (χ0) is 14.4. The zero-order valence-corrected chi connectivity index (χ0v) is 11.7. The second kappa shape index (κ2) is 7.14. The predicted molar refractivity (Wildman–Crippen MR) is 75.6 cm³/mol. The molecule has 0 saturated heterocycles. The van der Waals surface area contributed by atoms with E-state index in [1.165, 1.54) is 24.9 Å². The summed E-state index contributed by atoms with van der Waals surface area (Å²) in [5.41, 5.74) is 1.10. The van der Waals surface area contributed by atoms with Crippen LogP contribution in [0.4, 0.5) is 8.78 Å². The van der Waals surface area contributed by atoms with E-state index in [1.54, 1.807) is 12.1 Å². The number of ether oxygens (including phenoxy) is 2. The molecule has 2 aromatic carbocycles. The predicted octanol–water partition coefficient (Wildman–Crippen LogP) is 4.59. The molecule has 2 rings (SSSR count). The molecule has 0 aromatic heterocycles. The summed E-state index contributed by atoms with van der Waals surface area (Å²) in [6.07, 6.45) is 0. The van der Waals surface area contributed by atoms with Crippen LogP contribution in [0, 0.1) is 0 Å². The lowest BCUT2D eigenvalue weighted by Crippen LogP contribution is -2.03. The van der Waals surface area contributed by atoms with E-state index in [0.29, 0.717) is 16.4 Å². The van der Waals surface area contributed by atoms with Gasteiger partial charge in [0.05, 0.1) is 12.0 Å². The van der Waals surface area contributed by atoms with Crippen LogP contribution in [0.5, 0.6) is 11.5 Å². The van der Waals surface area contributed by atoms with E-state index in [-0.39, 0.29) is 5.75 Å². The number of rotatable bonds is 6. The van der Waals surface area contributed by atoms with E-state index >= 15 is 0 Å². The molecular formula is C15H14F2O2S. The molecular weight excluding hydrogens is 282 g/mol. The maximum atomic E-state index is 12.4. The SMILES string of the molecule is COc1cccc(OC(F)F)c1SCc1ccccc1. The van der Waals surface area contributed by atoms with E-state index in [1.807, 2.05) is 30.3 Å². The zero-order valence-electron chi connectivity index (χ0n) is 10.9. The van der Waals surface area contributed by atoms with Crippen molar-refractivity contribution in [2.45, 2.75) is 17.3 Å². The van der Waals surface area contributed by atoms with Gasteiger partial charge >= 0.3 is 6.61 Å². The molecule has 20 heavy (non-hydrogen) atoms. The molecule has 106 valence electrons. The van der Waals surface area contributed by atoms with Crippen molar-refractivity contribution in [3.63, 3.8) is 0 Å². The van der Waals surface area contributed by atoms with Gasteiger partial charge < -0.3 is 9.47 Å². The average molecular weight is 296 g/mol. The summed E-state index contributed by atoms with van der Waals surface area (Å²) >= 11 is 1.41. The van der Waals surface area contributed by atoms with Crippen molar-refractivity contribution < 1.29 is 18.3 Å². The Morgan fingerprint density at radius 3 is 2.35 bits per heavy atom. The summed E-state index contributed by atoms with van der Waals surface area (Å²) in [5, 5.41) is 0. The van der Waals surface area contributed by atoms with Gasteiger partial charge in [0, 0.05) is 5.75 Å². The maximum Gasteiger partial charge on any atom is 0.387 e. The Hall–Kier alpha value is -1.75. The lowest BCUT2D eigenvalue weighted by Gasteiger charge is -2.13. The molecule has 0 heterocycles. The van der Waals surface area contributed by atoms with Crippen LogP contribution in [0.25, 0.3) is 0 Å². The molecule has 0 aliphatic carbocycles. The normalized spacial score (nSPS) is 10.6. The van der Waals surface area contributed by atoms with E-state index in [0.717, 1.165) is 5.56 Å². The smallest absolute Gasteiger partial charge is 0.387 e. The van der Waals surface area contributed by atoms with Crippen LogP contribution in [-0.2, 0) is 5.75 Å². The van der Waals surface area contributed by atoms with E-state index in [9.17, 15) is 8.78 Å². The van der Waals surface area contributed by atoms with Crippen LogP contribution in [0.2, 0.25) is 0 Å². The molecule has 0 fully saturated rings. The minimum absolute atomic E-state index is 0.139. The third-order valence-corrected chi connectivity index (χ3v) is 3.77. The highest BCUT2D eigenvalue weighted by Gasteiger charge is 2.14. The number of hydrogen-bond donors (Lipinski definition) is 0. The highest BCUT2D eigenvalue weighted by Crippen LogP contribution is 2.39. The van der Waals surface area contributed by atoms with Gasteiger partial charge in [-0.25, -0.2) is 0 Å². The maximum absolute atomic E-state index is 12.4. The van der Waals surface area contributed by atoms with Crippen LogP contribution in [0.1, 0.15) is 5.56 Å². The van der Waals surface area contributed by atoms with Gasteiger partial charge in [-0.15, -0.1) is 11.8 Å². The Kier molecular flexibility index (Phi) is 5.24.